The highest BCUT2D eigenvalue weighted by molar-refractivity contribution is 14.0. The third-order valence-electron chi connectivity index (χ3n) is 4.05. The van der Waals surface area contributed by atoms with Crippen molar-refractivity contribution in [2.45, 2.75) is 19.3 Å². The standard InChI is InChI=1S/C16H25N3O3.HI/c1-20-9-8-16(6-7-16)11-18-15(17)19-13-10-12(21-2)4-5-14(13)22-3;/h4-5,10H,6-9,11H2,1-3H3,(H3,17,18,19);1H. The highest BCUT2D eigenvalue weighted by Crippen LogP contribution is 2.49. The van der Waals surface area contributed by atoms with Crippen LogP contribution in [0.3, 0.4) is 0 Å². The Morgan fingerprint density at radius 1 is 1.26 bits per heavy atom. The summed E-state index contributed by atoms with van der Waals surface area (Å²) in [6.45, 7) is 1.49. The van der Waals surface area contributed by atoms with Gasteiger partial charge in [0, 0.05) is 26.3 Å². The van der Waals surface area contributed by atoms with Crippen LogP contribution < -0.4 is 20.5 Å². The Labute approximate surface area is 154 Å². The lowest BCUT2D eigenvalue weighted by Gasteiger charge is -2.14. The van der Waals surface area contributed by atoms with E-state index in [1.165, 1.54) is 12.8 Å². The summed E-state index contributed by atoms with van der Waals surface area (Å²) in [4.78, 5) is 4.47. The Kier molecular flexibility index (Phi) is 7.90. The summed E-state index contributed by atoms with van der Waals surface area (Å²) >= 11 is 0. The first-order valence-electron chi connectivity index (χ1n) is 7.40. The van der Waals surface area contributed by atoms with E-state index >= 15 is 0 Å². The van der Waals surface area contributed by atoms with E-state index in [4.69, 9.17) is 19.9 Å². The van der Waals surface area contributed by atoms with Gasteiger partial charge in [-0.3, -0.25) is 4.99 Å². The molecular weight excluding hydrogens is 409 g/mol. The van der Waals surface area contributed by atoms with Gasteiger partial charge in [0.2, 0.25) is 0 Å². The average molecular weight is 435 g/mol. The van der Waals surface area contributed by atoms with Crippen molar-refractivity contribution in [1.82, 2.24) is 0 Å². The second kappa shape index (κ2) is 9.17. The molecule has 2 rings (SSSR count). The van der Waals surface area contributed by atoms with Crippen molar-refractivity contribution >= 4 is 35.6 Å². The molecule has 1 aromatic rings. The van der Waals surface area contributed by atoms with Crippen LogP contribution in [0.15, 0.2) is 23.2 Å². The number of nitrogens with two attached hydrogens (primary N) is 1. The van der Waals surface area contributed by atoms with Gasteiger partial charge in [0.05, 0.1) is 19.9 Å². The first-order chi connectivity index (χ1) is 10.6. The van der Waals surface area contributed by atoms with Crippen molar-refractivity contribution in [2.75, 3.05) is 39.8 Å². The minimum atomic E-state index is 0. The van der Waals surface area contributed by atoms with Gasteiger partial charge in [0.15, 0.2) is 5.96 Å². The van der Waals surface area contributed by atoms with Crippen LogP contribution in [0.5, 0.6) is 11.5 Å². The molecule has 0 aromatic heterocycles. The number of nitrogens with zero attached hydrogens (tertiary/aromatic N) is 1. The molecule has 1 aliphatic rings. The number of nitrogens with one attached hydrogen (secondary N) is 1. The summed E-state index contributed by atoms with van der Waals surface area (Å²) in [5, 5.41) is 3.08. The molecule has 1 aliphatic carbocycles. The van der Waals surface area contributed by atoms with Crippen LogP contribution in [0.4, 0.5) is 5.69 Å². The van der Waals surface area contributed by atoms with Gasteiger partial charge in [-0.25, -0.2) is 0 Å². The molecule has 7 heteroatoms. The van der Waals surface area contributed by atoms with E-state index in [0.717, 1.165) is 31.0 Å². The summed E-state index contributed by atoms with van der Waals surface area (Å²) in [6, 6.07) is 5.50. The van der Waals surface area contributed by atoms with Gasteiger partial charge < -0.3 is 25.3 Å². The quantitative estimate of drug-likeness (QED) is 0.373. The fourth-order valence-electron chi connectivity index (χ4n) is 2.32. The molecule has 0 saturated heterocycles. The number of hydrogen-bond acceptors (Lipinski definition) is 4. The lowest BCUT2D eigenvalue weighted by atomic mass is 10.0. The molecule has 1 aromatic carbocycles. The molecular formula is C16H26IN3O3. The largest absolute Gasteiger partial charge is 0.497 e. The second-order valence-electron chi connectivity index (χ2n) is 5.64. The highest BCUT2D eigenvalue weighted by atomic mass is 127. The van der Waals surface area contributed by atoms with Crippen molar-refractivity contribution in [3.63, 3.8) is 0 Å². The van der Waals surface area contributed by atoms with Gasteiger partial charge in [0.1, 0.15) is 11.5 Å². The Morgan fingerprint density at radius 2 is 2.00 bits per heavy atom. The predicted octanol–water partition coefficient (Wildman–Crippen LogP) is 2.87. The van der Waals surface area contributed by atoms with Gasteiger partial charge in [-0.15, -0.1) is 24.0 Å². The molecule has 0 atom stereocenters. The minimum absolute atomic E-state index is 0. The maximum Gasteiger partial charge on any atom is 0.193 e. The van der Waals surface area contributed by atoms with E-state index in [2.05, 4.69) is 10.3 Å². The Morgan fingerprint density at radius 3 is 2.57 bits per heavy atom. The summed E-state index contributed by atoms with van der Waals surface area (Å²) < 4.78 is 15.7. The minimum Gasteiger partial charge on any atom is -0.497 e. The van der Waals surface area contributed by atoms with Crippen molar-refractivity contribution in [3.8, 4) is 11.5 Å². The number of guanidine groups is 1. The maximum absolute atomic E-state index is 6.00. The first kappa shape index (κ1) is 19.8. The van der Waals surface area contributed by atoms with E-state index in [9.17, 15) is 0 Å². The lowest BCUT2D eigenvalue weighted by molar-refractivity contribution is 0.174. The van der Waals surface area contributed by atoms with Gasteiger partial charge in [-0.05, 0) is 36.8 Å². The topological polar surface area (TPSA) is 78.1 Å². The highest BCUT2D eigenvalue weighted by Gasteiger charge is 2.41. The zero-order valence-electron chi connectivity index (χ0n) is 13.9. The van der Waals surface area contributed by atoms with Crippen LogP contribution in [-0.4, -0.2) is 40.4 Å². The maximum atomic E-state index is 6.00. The van der Waals surface area contributed by atoms with E-state index in [1.54, 1.807) is 21.3 Å². The monoisotopic (exact) mass is 435 g/mol. The molecule has 1 saturated carbocycles. The fraction of sp³-hybridized carbons (Fsp3) is 0.562. The Balaban J connectivity index is 0.00000264. The van der Waals surface area contributed by atoms with Gasteiger partial charge in [-0.1, -0.05) is 0 Å². The van der Waals surface area contributed by atoms with Crippen LogP contribution >= 0.6 is 24.0 Å². The molecule has 130 valence electrons. The van der Waals surface area contributed by atoms with Crippen molar-refractivity contribution in [3.05, 3.63) is 18.2 Å². The molecule has 0 bridgehead atoms. The third kappa shape index (κ3) is 5.72. The van der Waals surface area contributed by atoms with Crippen molar-refractivity contribution < 1.29 is 14.2 Å². The molecule has 1 fully saturated rings. The molecule has 0 amide bonds. The number of halogens is 1. The first-order valence-corrected chi connectivity index (χ1v) is 7.40. The van der Waals surface area contributed by atoms with Crippen LogP contribution in [0.1, 0.15) is 19.3 Å². The Bertz CT molecular complexity index is 533. The number of rotatable bonds is 8. The molecule has 0 radical (unpaired) electrons. The molecule has 0 spiro atoms. The third-order valence-corrected chi connectivity index (χ3v) is 4.05. The zero-order chi connectivity index (χ0) is 16.0. The molecule has 6 nitrogen and oxygen atoms in total. The van der Waals surface area contributed by atoms with Gasteiger partial charge in [-0.2, -0.15) is 0 Å². The molecule has 0 aliphatic heterocycles. The lowest BCUT2D eigenvalue weighted by Crippen LogP contribution is -2.24. The molecule has 0 unspecified atom stereocenters. The van der Waals surface area contributed by atoms with Crippen LogP contribution in [-0.2, 0) is 4.74 Å². The predicted molar refractivity (Wildman–Crippen MR) is 103 cm³/mol. The van der Waals surface area contributed by atoms with E-state index in [-0.39, 0.29) is 29.4 Å². The molecule has 0 heterocycles. The van der Waals surface area contributed by atoms with Crippen LogP contribution in [0.2, 0.25) is 0 Å². The van der Waals surface area contributed by atoms with Gasteiger partial charge >= 0.3 is 0 Å². The SMILES string of the molecule is COCCC1(CN=C(N)Nc2cc(OC)ccc2OC)CC1.I. The number of benzene rings is 1. The number of hydrogen-bond donors (Lipinski definition) is 2. The fourth-order valence-corrected chi connectivity index (χ4v) is 2.32. The molecule has 3 N–H and O–H groups in total. The van der Waals surface area contributed by atoms with Crippen LogP contribution in [0.25, 0.3) is 0 Å². The number of aliphatic imine (C=N–C) groups is 1. The average Bonchev–Trinajstić information content (AvgIpc) is 3.31. The van der Waals surface area contributed by atoms with E-state index in [0.29, 0.717) is 11.7 Å². The summed E-state index contributed by atoms with van der Waals surface area (Å²) in [7, 11) is 4.96. The summed E-state index contributed by atoms with van der Waals surface area (Å²) in [5.41, 5.74) is 7.01. The summed E-state index contributed by atoms with van der Waals surface area (Å²) in [5.74, 6) is 1.81. The number of ether oxygens (including phenoxy) is 3. The number of anilines is 1. The molecule has 23 heavy (non-hydrogen) atoms. The van der Waals surface area contributed by atoms with E-state index in [1.807, 2.05) is 18.2 Å². The van der Waals surface area contributed by atoms with Gasteiger partial charge in [0.25, 0.3) is 0 Å². The van der Waals surface area contributed by atoms with Crippen LogP contribution in [0, 0.1) is 5.41 Å². The van der Waals surface area contributed by atoms with E-state index < -0.39 is 0 Å². The number of methoxy groups -OCH3 is 3. The Hall–Kier alpha value is -1.22. The zero-order valence-corrected chi connectivity index (χ0v) is 16.3. The van der Waals surface area contributed by atoms with Crippen molar-refractivity contribution in [2.24, 2.45) is 16.1 Å². The normalized spacial score (nSPS) is 15.5. The second-order valence-corrected chi connectivity index (χ2v) is 5.64. The summed E-state index contributed by atoms with van der Waals surface area (Å²) in [6.07, 6.45) is 3.41. The smallest absolute Gasteiger partial charge is 0.193 e. The van der Waals surface area contributed by atoms with Crippen molar-refractivity contribution in [1.29, 1.82) is 0 Å².